The van der Waals surface area contributed by atoms with Gasteiger partial charge in [-0.2, -0.15) is 8.78 Å². The van der Waals surface area contributed by atoms with Crippen molar-refractivity contribution in [2.75, 3.05) is 19.8 Å². The van der Waals surface area contributed by atoms with Crippen LogP contribution in [-0.4, -0.2) is 32.3 Å². The van der Waals surface area contributed by atoms with Crippen molar-refractivity contribution in [3.8, 4) is 11.5 Å². The van der Waals surface area contributed by atoms with Crippen LogP contribution >= 0.6 is 15.9 Å². The van der Waals surface area contributed by atoms with E-state index in [2.05, 4.69) is 26.0 Å². The zero-order valence-corrected chi connectivity index (χ0v) is 18.7. The molecule has 1 saturated heterocycles. The number of carbonyl (C=O) groups excluding carboxylic acids is 1. The van der Waals surface area contributed by atoms with Gasteiger partial charge in [-0.25, -0.2) is 0 Å². The van der Waals surface area contributed by atoms with Gasteiger partial charge in [-0.3, -0.25) is 4.79 Å². The minimum Gasteiger partial charge on any atom is -0.490 e. The molecule has 1 N–H and O–H groups in total. The molecule has 0 aliphatic carbocycles. The second-order valence-electron chi connectivity index (χ2n) is 7.05. The normalized spacial score (nSPS) is 15.8. The number of hydrogen-bond acceptors (Lipinski definition) is 4. The van der Waals surface area contributed by atoms with E-state index in [1.807, 2.05) is 24.3 Å². The summed E-state index contributed by atoms with van der Waals surface area (Å²) in [4.78, 5) is 12.8. The molecule has 1 aliphatic rings. The standard InChI is InChI=1S/C23H24BrF2NO4/c1-2-30-20-14-16(6-8-19(20)31-22(25)26)7-9-21(28)27-23(10-12-29-13-11-23)17-4-3-5-18(24)15-17/h3-9,14-15,22H,2,10-13H2,1H3,(H,27,28)/b9-7+. The molecule has 3 rings (SSSR count). The van der Waals surface area contributed by atoms with E-state index in [4.69, 9.17) is 9.47 Å². The quantitative estimate of drug-likeness (QED) is 0.505. The molecule has 0 atom stereocenters. The fourth-order valence-corrected chi connectivity index (χ4v) is 3.93. The lowest BCUT2D eigenvalue weighted by Crippen LogP contribution is -2.49. The first-order valence-electron chi connectivity index (χ1n) is 9.97. The molecule has 0 aromatic heterocycles. The summed E-state index contributed by atoms with van der Waals surface area (Å²) in [6.07, 6.45) is 4.36. The molecule has 0 saturated carbocycles. The summed E-state index contributed by atoms with van der Waals surface area (Å²) in [5.74, 6) is -0.109. The Hall–Kier alpha value is -2.45. The van der Waals surface area contributed by atoms with Crippen LogP contribution in [0.5, 0.6) is 11.5 Å². The van der Waals surface area contributed by atoms with Gasteiger partial charge in [0.05, 0.1) is 12.1 Å². The Morgan fingerprint density at radius 2 is 2.00 bits per heavy atom. The first kappa shape index (κ1) is 23.2. The first-order valence-corrected chi connectivity index (χ1v) is 10.8. The van der Waals surface area contributed by atoms with Crippen molar-refractivity contribution in [1.82, 2.24) is 5.32 Å². The van der Waals surface area contributed by atoms with Gasteiger partial charge in [0.1, 0.15) is 0 Å². The number of rotatable bonds is 8. The van der Waals surface area contributed by atoms with Crippen molar-refractivity contribution in [3.05, 3.63) is 64.1 Å². The minimum atomic E-state index is -2.94. The van der Waals surface area contributed by atoms with Crippen LogP contribution in [0.2, 0.25) is 0 Å². The zero-order chi connectivity index (χ0) is 22.3. The third-order valence-electron chi connectivity index (χ3n) is 5.00. The van der Waals surface area contributed by atoms with E-state index in [1.165, 1.54) is 12.1 Å². The number of alkyl halides is 2. The van der Waals surface area contributed by atoms with E-state index in [0.29, 0.717) is 38.2 Å². The van der Waals surface area contributed by atoms with Crippen LogP contribution in [0.1, 0.15) is 30.9 Å². The molecule has 1 amide bonds. The average Bonchev–Trinajstić information content (AvgIpc) is 2.74. The molecule has 0 spiro atoms. The fraction of sp³-hybridized carbons (Fsp3) is 0.348. The minimum absolute atomic E-state index is 0.0470. The molecular weight excluding hydrogens is 472 g/mol. The summed E-state index contributed by atoms with van der Waals surface area (Å²) in [5.41, 5.74) is 1.12. The van der Waals surface area contributed by atoms with E-state index in [0.717, 1.165) is 10.0 Å². The largest absolute Gasteiger partial charge is 0.490 e. The molecule has 0 bridgehead atoms. The van der Waals surface area contributed by atoms with Crippen LogP contribution < -0.4 is 14.8 Å². The smallest absolute Gasteiger partial charge is 0.387 e. The van der Waals surface area contributed by atoms with Gasteiger partial charge in [0.2, 0.25) is 5.91 Å². The molecule has 0 radical (unpaired) electrons. The van der Waals surface area contributed by atoms with Gasteiger partial charge in [0.25, 0.3) is 0 Å². The van der Waals surface area contributed by atoms with Gasteiger partial charge in [-0.15, -0.1) is 0 Å². The number of hydrogen-bond donors (Lipinski definition) is 1. The van der Waals surface area contributed by atoms with Crippen molar-refractivity contribution < 1.29 is 27.8 Å². The van der Waals surface area contributed by atoms with Crippen molar-refractivity contribution >= 4 is 27.9 Å². The lowest BCUT2D eigenvalue weighted by molar-refractivity contribution is -0.119. The molecule has 2 aromatic rings. The second kappa shape index (κ2) is 10.7. The maximum Gasteiger partial charge on any atom is 0.387 e. The molecule has 166 valence electrons. The number of nitrogens with one attached hydrogen (secondary N) is 1. The average molecular weight is 496 g/mol. The number of amides is 1. The molecule has 1 fully saturated rings. The number of carbonyl (C=O) groups is 1. The van der Waals surface area contributed by atoms with Crippen LogP contribution in [0.3, 0.4) is 0 Å². The van der Waals surface area contributed by atoms with Crippen molar-refractivity contribution in [2.45, 2.75) is 31.9 Å². The highest BCUT2D eigenvalue weighted by Crippen LogP contribution is 2.34. The van der Waals surface area contributed by atoms with Gasteiger partial charge in [-0.1, -0.05) is 34.1 Å². The SMILES string of the molecule is CCOc1cc(/C=C/C(=O)NC2(c3cccc(Br)c3)CCOCC2)ccc1OC(F)F. The van der Waals surface area contributed by atoms with Crippen molar-refractivity contribution in [2.24, 2.45) is 0 Å². The predicted octanol–water partition coefficient (Wildman–Crippen LogP) is 5.28. The second-order valence-corrected chi connectivity index (χ2v) is 7.96. The van der Waals surface area contributed by atoms with E-state index < -0.39 is 12.2 Å². The number of halogens is 3. The Balaban J connectivity index is 1.77. The summed E-state index contributed by atoms with van der Waals surface area (Å²) in [6.45, 7) is 0.210. The molecule has 5 nitrogen and oxygen atoms in total. The van der Waals surface area contributed by atoms with E-state index in [-0.39, 0.29) is 17.4 Å². The molecule has 1 heterocycles. The molecule has 31 heavy (non-hydrogen) atoms. The van der Waals surface area contributed by atoms with E-state index in [9.17, 15) is 13.6 Å². The highest BCUT2D eigenvalue weighted by atomic mass is 79.9. The Kier molecular flexibility index (Phi) is 8.03. The van der Waals surface area contributed by atoms with Crippen LogP contribution in [0.15, 0.2) is 53.0 Å². The number of ether oxygens (including phenoxy) is 3. The third-order valence-corrected chi connectivity index (χ3v) is 5.49. The summed E-state index contributed by atoms with van der Waals surface area (Å²) in [7, 11) is 0. The summed E-state index contributed by atoms with van der Waals surface area (Å²) >= 11 is 3.49. The van der Waals surface area contributed by atoms with Crippen molar-refractivity contribution in [3.63, 3.8) is 0 Å². The number of benzene rings is 2. The molecule has 8 heteroatoms. The maximum absolute atomic E-state index is 12.8. The van der Waals surface area contributed by atoms with Gasteiger partial charge < -0.3 is 19.5 Å². The van der Waals surface area contributed by atoms with E-state index >= 15 is 0 Å². The van der Waals surface area contributed by atoms with Gasteiger partial charge in [-0.05, 0) is 61.2 Å². The lowest BCUT2D eigenvalue weighted by atomic mass is 9.82. The Labute approximate surface area is 188 Å². The molecule has 0 unspecified atom stereocenters. The molecule has 2 aromatic carbocycles. The van der Waals surface area contributed by atoms with Crippen molar-refractivity contribution in [1.29, 1.82) is 0 Å². The van der Waals surface area contributed by atoms with Gasteiger partial charge in [0.15, 0.2) is 11.5 Å². The predicted molar refractivity (Wildman–Crippen MR) is 117 cm³/mol. The topological polar surface area (TPSA) is 56.8 Å². The third kappa shape index (κ3) is 6.27. The summed E-state index contributed by atoms with van der Waals surface area (Å²) < 4.78 is 41.4. The van der Waals surface area contributed by atoms with Crippen LogP contribution in [0.4, 0.5) is 8.78 Å². The van der Waals surface area contributed by atoms with Gasteiger partial charge in [0, 0.05) is 23.8 Å². The Morgan fingerprint density at radius 1 is 1.23 bits per heavy atom. The van der Waals surface area contributed by atoms with Crippen LogP contribution in [-0.2, 0) is 15.1 Å². The van der Waals surface area contributed by atoms with E-state index in [1.54, 1.807) is 25.1 Å². The molecule has 1 aliphatic heterocycles. The highest BCUT2D eigenvalue weighted by Gasteiger charge is 2.35. The summed E-state index contributed by atoms with van der Waals surface area (Å²) in [6, 6.07) is 12.4. The first-order chi connectivity index (χ1) is 14.9. The maximum atomic E-state index is 12.8. The Bertz CT molecular complexity index is 930. The molecular formula is C23H24BrF2NO4. The monoisotopic (exact) mass is 495 g/mol. The zero-order valence-electron chi connectivity index (χ0n) is 17.1. The highest BCUT2D eigenvalue weighted by molar-refractivity contribution is 9.10. The fourth-order valence-electron chi connectivity index (χ4n) is 3.53. The summed E-state index contributed by atoms with van der Waals surface area (Å²) in [5, 5.41) is 3.14. The Morgan fingerprint density at radius 3 is 2.68 bits per heavy atom. The lowest BCUT2D eigenvalue weighted by Gasteiger charge is -2.38. The van der Waals surface area contributed by atoms with Gasteiger partial charge >= 0.3 is 6.61 Å². The van der Waals surface area contributed by atoms with Crippen LogP contribution in [0.25, 0.3) is 6.08 Å². The van der Waals surface area contributed by atoms with Crippen LogP contribution in [0, 0.1) is 0 Å².